The molecule has 1 amide bonds. The Balaban J connectivity index is 0.00000312. The van der Waals surface area contributed by atoms with Gasteiger partial charge in [0.15, 0.2) is 6.61 Å². The maximum absolute atomic E-state index is 12.1. The van der Waals surface area contributed by atoms with Gasteiger partial charge in [0.25, 0.3) is 5.91 Å². The number of unbranched alkanes of at least 4 members (excludes halogenated alkanes) is 1. The van der Waals surface area contributed by atoms with Crippen LogP contribution >= 0.6 is 12.4 Å². The van der Waals surface area contributed by atoms with Crippen molar-refractivity contribution < 1.29 is 9.53 Å². The van der Waals surface area contributed by atoms with Gasteiger partial charge in [-0.1, -0.05) is 68.3 Å². The molecule has 0 aliphatic heterocycles. The van der Waals surface area contributed by atoms with Gasteiger partial charge in [-0.2, -0.15) is 0 Å². The van der Waals surface area contributed by atoms with Gasteiger partial charge in [-0.3, -0.25) is 4.79 Å². The van der Waals surface area contributed by atoms with Gasteiger partial charge in [-0.25, -0.2) is 0 Å². The molecule has 0 heterocycles. The molecule has 0 radical (unpaired) electrons. The Labute approximate surface area is 156 Å². The average Bonchev–Trinajstić information content (AvgIpc) is 2.64. The van der Waals surface area contributed by atoms with Gasteiger partial charge in [-0.15, -0.1) is 12.4 Å². The molecule has 2 aromatic rings. The maximum atomic E-state index is 12.1. The van der Waals surface area contributed by atoms with Gasteiger partial charge in [0, 0.05) is 18.2 Å². The number of benzene rings is 2. The molecule has 0 bridgehead atoms. The molecule has 0 saturated heterocycles. The summed E-state index contributed by atoms with van der Waals surface area (Å²) in [5.41, 5.74) is 7.76. The van der Waals surface area contributed by atoms with Crippen LogP contribution in [0.4, 0.5) is 0 Å². The fraction of sp³-hybridized carbons (Fsp3) is 0.350. The largest absolute Gasteiger partial charge is 0.483 e. The number of rotatable bonds is 9. The van der Waals surface area contributed by atoms with Gasteiger partial charge >= 0.3 is 0 Å². The number of ether oxygens (including phenoxy) is 1. The first-order valence-corrected chi connectivity index (χ1v) is 8.51. The minimum atomic E-state index is -0.135. The Bertz CT molecular complexity index is 635. The number of carbonyl (C=O) groups excluding carboxylic acids is 1. The lowest BCUT2D eigenvalue weighted by atomic mass is 10.1. The Kier molecular flexibility index (Phi) is 9.66. The Morgan fingerprint density at radius 3 is 2.48 bits per heavy atom. The molecule has 1 unspecified atom stereocenters. The number of para-hydroxylation sites is 1. The molecule has 2 aromatic carbocycles. The van der Waals surface area contributed by atoms with E-state index in [0.29, 0.717) is 12.3 Å². The molecule has 0 fully saturated rings. The van der Waals surface area contributed by atoms with E-state index in [1.807, 2.05) is 54.6 Å². The third kappa shape index (κ3) is 6.77. The summed E-state index contributed by atoms with van der Waals surface area (Å²) in [5, 5.41) is 2.94. The van der Waals surface area contributed by atoms with Crippen LogP contribution in [-0.4, -0.2) is 25.1 Å². The molecular formula is C20H27ClN2O2. The molecule has 3 N–H and O–H groups in total. The van der Waals surface area contributed by atoms with Crippen molar-refractivity contribution in [2.45, 2.75) is 32.2 Å². The van der Waals surface area contributed by atoms with Crippen molar-refractivity contribution in [3.63, 3.8) is 0 Å². The van der Waals surface area contributed by atoms with Crippen molar-refractivity contribution in [1.82, 2.24) is 5.32 Å². The Hall–Kier alpha value is -2.04. The van der Waals surface area contributed by atoms with E-state index in [1.165, 1.54) is 0 Å². The lowest BCUT2D eigenvalue weighted by Crippen LogP contribution is -2.42. The summed E-state index contributed by atoms with van der Waals surface area (Å²) in [6.45, 7) is 2.57. The van der Waals surface area contributed by atoms with E-state index in [1.54, 1.807) is 0 Å². The Morgan fingerprint density at radius 1 is 1.12 bits per heavy atom. The highest BCUT2D eigenvalue weighted by molar-refractivity contribution is 5.85. The van der Waals surface area contributed by atoms with Crippen molar-refractivity contribution in [1.29, 1.82) is 0 Å². The SMILES string of the molecule is CCCCC(CN)NC(=O)COc1ccccc1-c1ccccc1.Cl. The molecule has 25 heavy (non-hydrogen) atoms. The topological polar surface area (TPSA) is 64.3 Å². The second kappa shape index (κ2) is 11.5. The van der Waals surface area contributed by atoms with Crippen LogP contribution in [0.5, 0.6) is 5.75 Å². The molecule has 0 aliphatic rings. The fourth-order valence-corrected chi connectivity index (χ4v) is 2.56. The summed E-state index contributed by atoms with van der Waals surface area (Å²) >= 11 is 0. The van der Waals surface area contributed by atoms with E-state index >= 15 is 0 Å². The fourth-order valence-electron chi connectivity index (χ4n) is 2.56. The number of hydrogen-bond donors (Lipinski definition) is 2. The van der Waals surface area contributed by atoms with E-state index in [9.17, 15) is 4.79 Å². The highest BCUT2D eigenvalue weighted by atomic mass is 35.5. The van der Waals surface area contributed by atoms with Crippen LogP contribution in [0, 0.1) is 0 Å². The van der Waals surface area contributed by atoms with Crippen molar-refractivity contribution >= 4 is 18.3 Å². The van der Waals surface area contributed by atoms with Crippen LogP contribution in [-0.2, 0) is 4.79 Å². The summed E-state index contributed by atoms with van der Waals surface area (Å²) in [7, 11) is 0. The maximum Gasteiger partial charge on any atom is 0.258 e. The number of nitrogens with one attached hydrogen (secondary N) is 1. The second-order valence-electron chi connectivity index (χ2n) is 5.79. The molecule has 0 aromatic heterocycles. The lowest BCUT2D eigenvalue weighted by molar-refractivity contribution is -0.123. The quantitative estimate of drug-likeness (QED) is 0.713. The molecular weight excluding hydrogens is 336 g/mol. The van der Waals surface area contributed by atoms with Gasteiger partial charge in [0.05, 0.1) is 0 Å². The zero-order chi connectivity index (χ0) is 17.2. The summed E-state index contributed by atoms with van der Waals surface area (Å²) in [4.78, 5) is 12.1. The average molecular weight is 363 g/mol. The molecule has 5 heteroatoms. The van der Waals surface area contributed by atoms with Crippen LogP contribution in [0.15, 0.2) is 54.6 Å². The first kappa shape index (κ1) is 21.0. The number of nitrogens with two attached hydrogens (primary N) is 1. The number of hydrogen-bond acceptors (Lipinski definition) is 3. The summed E-state index contributed by atoms with van der Waals surface area (Å²) in [6.07, 6.45) is 3.05. The zero-order valence-electron chi connectivity index (χ0n) is 14.6. The summed E-state index contributed by atoms with van der Waals surface area (Å²) < 4.78 is 5.75. The number of carbonyl (C=O) groups is 1. The predicted molar refractivity (Wildman–Crippen MR) is 105 cm³/mol. The normalized spacial score (nSPS) is 11.3. The van der Waals surface area contributed by atoms with E-state index < -0.39 is 0 Å². The van der Waals surface area contributed by atoms with Crippen LogP contribution in [0.1, 0.15) is 26.2 Å². The third-order valence-electron chi connectivity index (χ3n) is 3.89. The zero-order valence-corrected chi connectivity index (χ0v) is 15.4. The highest BCUT2D eigenvalue weighted by Gasteiger charge is 2.12. The first-order chi connectivity index (χ1) is 11.7. The third-order valence-corrected chi connectivity index (χ3v) is 3.89. The van der Waals surface area contributed by atoms with Gasteiger partial charge < -0.3 is 15.8 Å². The van der Waals surface area contributed by atoms with Crippen LogP contribution < -0.4 is 15.8 Å². The van der Waals surface area contributed by atoms with E-state index in [-0.39, 0.29) is 31.0 Å². The van der Waals surface area contributed by atoms with E-state index in [0.717, 1.165) is 30.4 Å². The highest BCUT2D eigenvalue weighted by Crippen LogP contribution is 2.29. The molecule has 4 nitrogen and oxygen atoms in total. The summed E-state index contributed by atoms with van der Waals surface area (Å²) in [6, 6.07) is 17.8. The molecule has 0 saturated carbocycles. The second-order valence-corrected chi connectivity index (χ2v) is 5.79. The molecule has 2 rings (SSSR count). The van der Waals surface area contributed by atoms with Crippen LogP contribution in [0.25, 0.3) is 11.1 Å². The first-order valence-electron chi connectivity index (χ1n) is 8.51. The van der Waals surface area contributed by atoms with E-state index in [2.05, 4.69) is 12.2 Å². The van der Waals surface area contributed by atoms with Gasteiger partial charge in [0.2, 0.25) is 0 Å². The monoisotopic (exact) mass is 362 g/mol. The van der Waals surface area contributed by atoms with Crippen molar-refractivity contribution in [3.05, 3.63) is 54.6 Å². The Morgan fingerprint density at radius 2 is 1.80 bits per heavy atom. The number of halogens is 1. The van der Waals surface area contributed by atoms with Gasteiger partial charge in [0.1, 0.15) is 5.75 Å². The van der Waals surface area contributed by atoms with Crippen LogP contribution in [0.3, 0.4) is 0 Å². The summed E-state index contributed by atoms with van der Waals surface area (Å²) in [5.74, 6) is 0.570. The van der Waals surface area contributed by atoms with Crippen molar-refractivity contribution in [2.75, 3.05) is 13.2 Å². The molecule has 136 valence electrons. The van der Waals surface area contributed by atoms with Gasteiger partial charge in [-0.05, 0) is 18.1 Å². The van der Waals surface area contributed by atoms with Crippen molar-refractivity contribution in [3.8, 4) is 16.9 Å². The molecule has 0 aliphatic carbocycles. The molecule has 1 atom stereocenters. The lowest BCUT2D eigenvalue weighted by Gasteiger charge is -2.17. The predicted octanol–water partition coefficient (Wildman–Crippen LogP) is 3.79. The standard InChI is InChI=1S/C20H26N2O2.ClH/c1-2-3-11-17(14-21)22-20(23)15-24-19-13-8-7-12-18(19)16-9-5-4-6-10-16;/h4-10,12-13,17H,2-3,11,14-15,21H2,1H3,(H,22,23);1H. The van der Waals surface area contributed by atoms with E-state index in [4.69, 9.17) is 10.5 Å². The minimum Gasteiger partial charge on any atom is -0.483 e. The molecule has 0 spiro atoms. The van der Waals surface area contributed by atoms with Crippen LogP contribution in [0.2, 0.25) is 0 Å². The smallest absolute Gasteiger partial charge is 0.258 e. The minimum absolute atomic E-state index is 0. The number of amides is 1. The van der Waals surface area contributed by atoms with Crippen molar-refractivity contribution in [2.24, 2.45) is 5.73 Å².